The maximum absolute atomic E-state index is 13.1. The molecule has 32 heavy (non-hydrogen) atoms. The van der Waals surface area contributed by atoms with Gasteiger partial charge >= 0.3 is 0 Å². The fraction of sp³-hybridized carbons (Fsp3) is 0.625. The average molecular weight is 465 g/mol. The zero-order chi connectivity index (χ0) is 23.5. The molecule has 0 spiro atoms. The van der Waals surface area contributed by atoms with Crippen LogP contribution < -0.4 is 10.1 Å². The van der Waals surface area contributed by atoms with Gasteiger partial charge in [0.15, 0.2) is 0 Å². The molecule has 176 valence electrons. The van der Waals surface area contributed by atoms with E-state index in [4.69, 9.17) is 21.1 Å². The second-order valence-electron chi connectivity index (χ2n) is 9.02. The van der Waals surface area contributed by atoms with Gasteiger partial charge in [0.25, 0.3) is 0 Å². The molecule has 0 bridgehead atoms. The monoisotopic (exact) mass is 464 g/mol. The Labute approximate surface area is 194 Å². The Kier molecular flexibility index (Phi) is 7.83. The molecular weight excluding hydrogens is 432 g/mol. The number of carbonyl (C=O) groups is 3. The number of methoxy groups -OCH3 is 2. The molecule has 0 radical (unpaired) electrons. The van der Waals surface area contributed by atoms with Crippen LogP contribution >= 0.6 is 11.6 Å². The highest BCUT2D eigenvalue weighted by Crippen LogP contribution is 2.38. The van der Waals surface area contributed by atoms with Crippen molar-refractivity contribution in [2.45, 2.75) is 51.9 Å². The van der Waals surface area contributed by atoms with Gasteiger partial charge in [0, 0.05) is 32.5 Å². The van der Waals surface area contributed by atoms with Crippen molar-refractivity contribution in [1.29, 1.82) is 0 Å². The van der Waals surface area contributed by atoms with Gasteiger partial charge in [-0.2, -0.15) is 0 Å². The number of piperidine rings is 1. The van der Waals surface area contributed by atoms with Crippen LogP contribution in [0.2, 0.25) is 5.02 Å². The molecule has 1 N–H and O–H groups in total. The van der Waals surface area contributed by atoms with Crippen LogP contribution in [0.5, 0.6) is 5.75 Å². The summed E-state index contributed by atoms with van der Waals surface area (Å²) in [5, 5.41) is 3.03. The maximum Gasteiger partial charge on any atom is 0.235 e. The van der Waals surface area contributed by atoms with Gasteiger partial charge < -0.3 is 14.4 Å². The van der Waals surface area contributed by atoms with Crippen LogP contribution in [-0.2, 0) is 25.5 Å². The summed E-state index contributed by atoms with van der Waals surface area (Å²) < 4.78 is 10.7. The third kappa shape index (κ3) is 4.94. The molecule has 2 saturated heterocycles. The first-order valence-electron chi connectivity index (χ1n) is 11.2. The average Bonchev–Trinajstić information content (AvgIpc) is 3.06. The largest absolute Gasteiger partial charge is 0.495 e. The van der Waals surface area contributed by atoms with Gasteiger partial charge in [0.05, 0.1) is 24.2 Å². The minimum atomic E-state index is -0.963. The van der Waals surface area contributed by atoms with Crippen molar-refractivity contribution in [3.8, 4) is 5.75 Å². The lowest BCUT2D eigenvalue weighted by molar-refractivity contribution is -0.139. The molecule has 0 saturated carbocycles. The van der Waals surface area contributed by atoms with E-state index in [9.17, 15) is 14.4 Å². The first-order valence-corrected chi connectivity index (χ1v) is 11.6. The molecule has 3 rings (SSSR count). The van der Waals surface area contributed by atoms with Crippen LogP contribution in [0.3, 0.4) is 0 Å². The predicted molar refractivity (Wildman–Crippen MR) is 122 cm³/mol. The van der Waals surface area contributed by atoms with E-state index in [-0.39, 0.29) is 36.7 Å². The number of likely N-dealkylation sites (tertiary alicyclic amines) is 1. The number of ether oxygens (including phenoxy) is 2. The summed E-state index contributed by atoms with van der Waals surface area (Å²) in [7, 11) is 3.13. The molecule has 2 aliphatic rings. The lowest BCUT2D eigenvalue weighted by Gasteiger charge is -2.35. The van der Waals surface area contributed by atoms with Crippen LogP contribution in [0, 0.1) is 11.3 Å². The summed E-state index contributed by atoms with van der Waals surface area (Å²) in [5.74, 6) is 0.0306. The van der Waals surface area contributed by atoms with E-state index in [2.05, 4.69) is 18.3 Å². The fourth-order valence-corrected chi connectivity index (χ4v) is 5.37. The summed E-state index contributed by atoms with van der Waals surface area (Å²) in [5.41, 5.74) is 1.31. The van der Waals surface area contributed by atoms with E-state index in [1.165, 1.54) is 12.7 Å². The van der Waals surface area contributed by atoms with Gasteiger partial charge in [-0.05, 0) is 48.8 Å². The molecule has 0 aliphatic carbocycles. The van der Waals surface area contributed by atoms with E-state index in [0.717, 1.165) is 24.8 Å². The van der Waals surface area contributed by atoms with Crippen molar-refractivity contribution in [2.24, 2.45) is 11.3 Å². The van der Waals surface area contributed by atoms with Crippen LogP contribution in [0.15, 0.2) is 12.1 Å². The number of nitrogens with one attached hydrogen (secondary N) is 1. The van der Waals surface area contributed by atoms with Gasteiger partial charge in [-0.25, -0.2) is 0 Å². The molecule has 1 aromatic rings. The first-order chi connectivity index (χ1) is 15.2. The second-order valence-corrected chi connectivity index (χ2v) is 9.40. The van der Waals surface area contributed by atoms with Gasteiger partial charge in [-0.1, -0.05) is 31.5 Å². The molecule has 2 fully saturated rings. The van der Waals surface area contributed by atoms with Crippen LogP contribution in [-0.4, -0.2) is 56.5 Å². The number of aryl methyl sites for hydroxylation is 1. The molecule has 7 nitrogen and oxygen atoms in total. The standard InChI is InChI=1S/C24H33ClN2O5/c1-5-16-10-18(11-19(32-4)21(16)25)17-6-8-27(9-7-17)22(29)15(2)12-24(14-31-3)13-20(28)26-23(24)30/h10-11,15,17H,5-9,12-14H2,1-4H3,(H,26,28,30)/t15-,24-/m0/s1. The van der Waals surface area contributed by atoms with Crippen LogP contribution in [0.1, 0.15) is 56.6 Å². The Morgan fingerprint density at radius 3 is 2.50 bits per heavy atom. The summed E-state index contributed by atoms with van der Waals surface area (Å²) in [4.78, 5) is 39.2. The SMILES string of the molecule is CCc1cc(C2CCN(C(=O)[C@@H](C)C[C@@]3(COC)CC(=O)NC3=O)CC2)cc(OC)c1Cl. The number of hydrogen-bond acceptors (Lipinski definition) is 5. The summed E-state index contributed by atoms with van der Waals surface area (Å²) in [6, 6.07) is 4.16. The van der Waals surface area contributed by atoms with Crippen molar-refractivity contribution >= 4 is 29.3 Å². The molecule has 1 aromatic carbocycles. The zero-order valence-electron chi connectivity index (χ0n) is 19.3. The summed E-state index contributed by atoms with van der Waals surface area (Å²) in [6.45, 7) is 5.34. The minimum Gasteiger partial charge on any atom is -0.495 e. The van der Waals surface area contributed by atoms with Crippen molar-refractivity contribution in [3.63, 3.8) is 0 Å². The number of imide groups is 1. The maximum atomic E-state index is 13.1. The number of rotatable bonds is 8. The first kappa shape index (κ1) is 24.5. The lowest BCUT2D eigenvalue weighted by Crippen LogP contribution is -2.44. The molecule has 8 heteroatoms. The Hall–Kier alpha value is -2.12. The minimum absolute atomic E-state index is 0.0222. The van der Waals surface area contributed by atoms with E-state index in [1.807, 2.05) is 17.9 Å². The summed E-state index contributed by atoms with van der Waals surface area (Å²) >= 11 is 6.41. The number of halogens is 1. The smallest absolute Gasteiger partial charge is 0.235 e. The van der Waals surface area contributed by atoms with E-state index >= 15 is 0 Å². The third-order valence-corrected chi connectivity index (χ3v) is 7.22. The van der Waals surface area contributed by atoms with Gasteiger partial charge in [-0.15, -0.1) is 0 Å². The van der Waals surface area contributed by atoms with Gasteiger partial charge in [-0.3, -0.25) is 19.7 Å². The molecular formula is C24H33ClN2O5. The van der Waals surface area contributed by atoms with Gasteiger partial charge in [0.2, 0.25) is 17.7 Å². The van der Waals surface area contributed by atoms with Crippen molar-refractivity contribution < 1.29 is 23.9 Å². The van der Waals surface area contributed by atoms with E-state index in [0.29, 0.717) is 36.2 Å². The predicted octanol–water partition coefficient (Wildman–Crippen LogP) is 3.32. The zero-order valence-corrected chi connectivity index (χ0v) is 20.1. The molecule has 0 unspecified atom stereocenters. The number of amides is 3. The second kappa shape index (κ2) is 10.2. The normalized spacial score (nSPS) is 22.7. The third-order valence-electron chi connectivity index (χ3n) is 6.79. The molecule has 0 aromatic heterocycles. The Bertz CT molecular complexity index is 856. The Morgan fingerprint density at radius 2 is 1.97 bits per heavy atom. The van der Waals surface area contributed by atoms with Crippen molar-refractivity contribution in [1.82, 2.24) is 10.2 Å². The number of nitrogens with zero attached hydrogens (tertiary/aromatic N) is 1. The number of hydrogen-bond donors (Lipinski definition) is 1. The molecule has 2 aliphatic heterocycles. The highest BCUT2D eigenvalue weighted by atomic mass is 35.5. The Morgan fingerprint density at radius 1 is 1.28 bits per heavy atom. The number of benzene rings is 1. The van der Waals surface area contributed by atoms with Crippen LogP contribution in [0.4, 0.5) is 0 Å². The Balaban J connectivity index is 1.64. The molecule has 2 atom stereocenters. The van der Waals surface area contributed by atoms with E-state index in [1.54, 1.807) is 7.11 Å². The lowest BCUT2D eigenvalue weighted by atomic mass is 9.78. The quantitative estimate of drug-likeness (QED) is 0.596. The van der Waals surface area contributed by atoms with Crippen LogP contribution in [0.25, 0.3) is 0 Å². The highest BCUT2D eigenvalue weighted by Gasteiger charge is 2.48. The number of carbonyl (C=O) groups excluding carboxylic acids is 3. The van der Waals surface area contributed by atoms with E-state index < -0.39 is 5.41 Å². The van der Waals surface area contributed by atoms with Crippen molar-refractivity contribution in [2.75, 3.05) is 33.9 Å². The van der Waals surface area contributed by atoms with Crippen molar-refractivity contribution in [3.05, 3.63) is 28.3 Å². The topological polar surface area (TPSA) is 84.9 Å². The molecule has 3 amide bonds. The summed E-state index contributed by atoms with van der Waals surface area (Å²) in [6.07, 6.45) is 2.91. The molecule has 2 heterocycles. The highest BCUT2D eigenvalue weighted by molar-refractivity contribution is 6.32. The fourth-order valence-electron chi connectivity index (χ4n) is 5.05. The van der Waals surface area contributed by atoms with Gasteiger partial charge in [0.1, 0.15) is 5.75 Å².